The van der Waals surface area contributed by atoms with Gasteiger partial charge in [-0.25, -0.2) is 4.79 Å². The number of nitrogens with zero attached hydrogens (tertiary/aromatic N) is 3. The molecule has 12 heteroatoms. The molecule has 0 aliphatic heterocycles. The zero-order chi connectivity index (χ0) is 22.3. The molecule has 2 rings (SSSR count). The van der Waals surface area contributed by atoms with Crippen LogP contribution in [0.1, 0.15) is 12.5 Å². The molecule has 0 aromatic heterocycles. The van der Waals surface area contributed by atoms with Gasteiger partial charge < -0.3 is 9.47 Å². The van der Waals surface area contributed by atoms with Crippen molar-refractivity contribution in [3.05, 3.63) is 68.3 Å². The Morgan fingerprint density at radius 2 is 1.73 bits per heavy atom. The third-order valence-electron chi connectivity index (χ3n) is 3.68. The predicted molar refractivity (Wildman–Crippen MR) is 104 cm³/mol. The number of anilines is 1. The summed E-state index contributed by atoms with van der Waals surface area (Å²) in [4.78, 5) is 43.4. The highest BCUT2D eigenvalue weighted by Crippen LogP contribution is 2.29. The number of nitro groups is 2. The average molecular weight is 416 g/mol. The number of benzene rings is 2. The zero-order valence-electron chi connectivity index (χ0n) is 15.9. The van der Waals surface area contributed by atoms with Crippen molar-refractivity contribution in [2.75, 3.05) is 12.5 Å². The molecule has 0 aliphatic rings. The van der Waals surface area contributed by atoms with Crippen LogP contribution in [0.4, 0.5) is 17.1 Å². The topological polar surface area (TPSA) is 163 Å². The van der Waals surface area contributed by atoms with E-state index in [9.17, 15) is 29.8 Å². The van der Waals surface area contributed by atoms with Gasteiger partial charge in [-0.2, -0.15) is 5.10 Å². The molecule has 0 saturated heterocycles. The summed E-state index contributed by atoms with van der Waals surface area (Å²) in [7, 11) is 1.15. The van der Waals surface area contributed by atoms with Crippen LogP contribution < -0.4 is 10.2 Å². The van der Waals surface area contributed by atoms with Gasteiger partial charge in [-0.05, 0) is 23.8 Å². The van der Waals surface area contributed by atoms with Crippen molar-refractivity contribution >= 4 is 34.7 Å². The van der Waals surface area contributed by atoms with Crippen LogP contribution in [-0.2, 0) is 20.7 Å². The number of nitrogens with one attached hydrogen (secondary N) is 1. The third kappa shape index (κ3) is 5.82. The summed E-state index contributed by atoms with van der Waals surface area (Å²) >= 11 is 0. The lowest BCUT2D eigenvalue weighted by Gasteiger charge is -2.08. The Balaban J connectivity index is 2.27. The van der Waals surface area contributed by atoms with Crippen molar-refractivity contribution in [3.8, 4) is 5.75 Å². The van der Waals surface area contributed by atoms with Gasteiger partial charge in [0, 0.05) is 19.4 Å². The first-order chi connectivity index (χ1) is 14.2. The molecule has 12 nitrogen and oxygen atoms in total. The summed E-state index contributed by atoms with van der Waals surface area (Å²) in [6.07, 6.45) is 0.000797. The van der Waals surface area contributed by atoms with E-state index in [2.05, 4.69) is 15.3 Å². The monoisotopic (exact) mass is 416 g/mol. The van der Waals surface area contributed by atoms with Gasteiger partial charge in [0.05, 0.1) is 23.0 Å². The highest BCUT2D eigenvalue weighted by Gasteiger charge is 2.20. The standard InChI is InChI=1S/C18H16N4O8/c1-11(23)30-14-6-3-12(4-7-14)9-16(18(24)29-2)20-19-15-8-5-13(21(25)26)10-17(15)22(27)28/h3-8,10,19H,9H2,1-2H3/b20-16-. The lowest BCUT2D eigenvalue weighted by atomic mass is 10.1. The molecule has 0 radical (unpaired) electrons. The van der Waals surface area contributed by atoms with E-state index in [1.165, 1.54) is 19.1 Å². The molecule has 0 saturated carbocycles. The maximum absolute atomic E-state index is 12.0. The summed E-state index contributed by atoms with van der Waals surface area (Å²) in [5, 5.41) is 25.9. The number of non-ortho nitro benzene ring substituents is 1. The number of nitro benzene ring substituents is 2. The van der Waals surface area contributed by atoms with E-state index in [0.29, 0.717) is 11.3 Å². The molecule has 0 heterocycles. The Morgan fingerprint density at radius 3 is 2.27 bits per heavy atom. The van der Waals surface area contributed by atoms with Crippen molar-refractivity contribution in [2.45, 2.75) is 13.3 Å². The van der Waals surface area contributed by atoms with E-state index in [4.69, 9.17) is 4.74 Å². The molecule has 0 unspecified atom stereocenters. The minimum absolute atomic E-state index is 0.000797. The number of methoxy groups -OCH3 is 1. The molecule has 1 N–H and O–H groups in total. The number of ether oxygens (including phenoxy) is 2. The molecule has 30 heavy (non-hydrogen) atoms. The second kappa shape index (κ2) is 9.73. The number of hydrogen-bond acceptors (Lipinski definition) is 10. The first-order valence-corrected chi connectivity index (χ1v) is 8.32. The van der Waals surface area contributed by atoms with Crippen LogP contribution in [0, 0.1) is 20.2 Å². The van der Waals surface area contributed by atoms with Gasteiger partial charge in [0.1, 0.15) is 17.1 Å². The molecular formula is C18H16N4O8. The fraction of sp³-hybridized carbons (Fsp3) is 0.167. The predicted octanol–water partition coefficient (Wildman–Crippen LogP) is 2.61. The summed E-state index contributed by atoms with van der Waals surface area (Å²) in [5.41, 5.74) is 1.72. The van der Waals surface area contributed by atoms with Gasteiger partial charge in [0.25, 0.3) is 5.69 Å². The fourth-order valence-electron chi connectivity index (χ4n) is 2.32. The molecule has 0 fully saturated rings. The molecule has 2 aromatic carbocycles. The second-order valence-corrected chi connectivity index (χ2v) is 5.79. The smallest absolute Gasteiger partial charge is 0.354 e. The second-order valence-electron chi connectivity index (χ2n) is 5.79. The van der Waals surface area contributed by atoms with Crippen LogP contribution >= 0.6 is 0 Å². The quantitative estimate of drug-likeness (QED) is 0.224. The van der Waals surface area contributed by atoms with Crippen molar-refractivity contribution in [3.63, 3.8) is 0 Å². The van der Waals surface area contributed by atoms with Crippen LogP contribution in [0.15, 0.2) is 47.6 Å². The Kier molecular flexibility index (Phi) is 7.11. The van der Waals surface area contributed by atoms with E-state index >= 15 is 0 Å². The van der Waals surface area contributed by atoms with E-state index in [1.54, 1.807) is 12.1 Å². The van der Waals surface area contributed by atoms with Gasteiger partial charge in [-0.3, -0.25) is 30.4 Å². The molecule has 0 bridgehead atoms. The summed E-state index contributed by atoms with van der Waals surface area (Å²) < 4.78 is 9.60. The zero-order valence-corrected chi connectivity index (χ0v) is 15.9. The van der Waals surface area contributed by atoms with E-state index in [1.807, 2.05) is 0 Å². The molecule has 0 spiro atoms. The number of esters is 2. The first-order valence-electron chi connectivity index (χ1n) is 8.32. The van der Waals surface area contributed by atoms with Crippen LogP contribution in [0.25, 0.3) is 0 Å². The molecule has 0 aliphatic carbocycles. The Morgan fingerprint density at radius 1 is 1.07 bits per heavy atom. The fourth-order valence-corrected chi connectivity index (χ4v) is 2.32. The number of hydrogen-bond donors (Lipinski definition) is 1. The first kappa shape index (κ1) is 21.9. The van der Waals surface area contributed by atoms with Crippen LogP contribution in [0.2, 0.25) is 0 Å². The Bertz CT molecular complexity index is 1020. The minimum atomic E-state index is -0.809. The van der Waals surface area contributed by atoms with Crippen LogP contribution in [0.5, 0.6) is 5.75 Å². The lowest BCUT2D eigenvalue weighted by Crippen LogP contribution is -2.20. The lowest BCUT2D eigenvalue weighted by molar-refractivity contribution is -0.393. The third-order valence-corrected chi connectivity index (χ3v) is 3.68. The van der Waals surface area contributed by atoms with Gasteiger partial charge in [-0.15, -0.1) is 0 Å². The van der Waals surface area contributed by atoms with Gasteiger partial charge in [-0.1, -0.05) is 12.1 Å². The van der Waals surface area contributed by atoms with Gasteiger partial charge in [0.15, 0.2) is 0 Å². The number of carbonyl (C=O) groups excluding carboxylic acids is 2. The SMILES string of the molecule is COC(=O)/C(Cc1ccc(OC(C)=O)cc1)=N\Nc1ccc([N+](=O)[O-])cc1[N+](=O)[O-]. The highest BCUT2D eigenvalue weighted by molar-refractivity contribution is 6.37. The maximum Gasteiger partial charge on any atom is 0.354 e. The molecular weight excluding hydrogens is 400 g/mol. The van der Waals surface area contributed by atoms with Gasteiger partial charge >= 0.3 is 17.6 Å². The van der Waals surface area contributed by atoms with Crippen LogP contribution in [-0.4, -0.2) is 34.6 Å². The molecule has 2 aromatic rings. The largest absolute Gasteiger partial charge is 0.464 e. The number of rotatable bonds is 8. The maximum atomic E-state index is 12.0. The van der Waals surface area contributed by atoms with Gasteiger partial charge in [0.2, 0.25) is 0 Å². The van der Waals surface area contributed by atoms with E-state index < -0.39 is 33.2 Å². The highest BCUT2D eigenvalue weighted by atomic mass is 16.6. The summed E-state index contributed by atoms with van der Waals surface area (Å²) in [5.74, 6) is -0.938. The average Bonchev–Trinajstić information content (AvgIpc) is 2.71. The normalized spacial score (nSPS) is 10.8. The van der Waals surface area contributed by atoms with Crippen molar-refractivity contribution in [1.29, 1.82) is 0 Å². The Labute approximate surface area is 169 Å². The van der Waals surface area contributed by atoms with Crippen LogP contribution in [0.3, 0.4) is 0 Å². The minimum Gasteiger partial charge on any atom is -0.464 e. The Hall–Kier alpha value is -4.35. The van der Waals surface area contributed by atoms with Crippen molar-refractivity contribution in [1.82, 2.24) is 0 Å². The number of hydrazone groups is 1. The summed E-state index contributed by atoms with van der Waals surface area (Å²) in [6.45, 7) is 1.26. The van der Waals surface area contributed by atoms with E-state index in [0.717, 1.165) is 25.3 Å². The van der Waals surface area contributed by atoms with Crippen molar-refractivity contribution < 1.29 is 28.9 Å². The summed E-state index contributed by atoms with van der Waals surface area (Å²) in [6, 6.07) is 9.22. The van der Waals surface area contributed by atoms with Crippen molar-refractivity contribution in [2.24, 2.45) is 5.10 Å². The molecule has 156 valence electrons. The molecule has 0 amide bonds. The molecule has 0 atom stereocenters. The van der Waals surface area contributed by atoms with E-state index in [-0.39, 0.29) is 17.8 Å². The number of carbonyl (C=O) groups is 2.